The van der Waals surface area contributed by atoms with E-state index in [4.69, 9.17) is 14.2 Å². The SMILES string of the molecule is COCOC(c1ccccc1C)C(OCNCc1ccccc1)C(C)C. The van der Waals surface area contributed by atoms with Gasteiger partial charge in [-0.1, -0.05) is 68.4 Å². The molecule has 2 atom stereocenters. The standard InChI is InChI=1S/C22H31NO3/c1-17(2)21(25-15-23-14-19-11-6-5-7-12-19)22(26-16-24-4)20-13-9-8-10-18(20)3/h5-13,17,21-23H,14-16H2,1-4H3. The minimum absolute atomic E-state index is 0.0745. The van der Waals surface area contributed by atoms with Crippen molar-refractivity contribution in [1.82, 2.24) is 5.32 Å². The van der Waals surface area contributed by atoms with Crippen LogP contribution in [0.3, 0.4) is 0 Å². The van der Waals surface area contributed by atoms with Gasteiger partial charge in [0.2, 0.25) is 0 Å². The van der Waals surface area contributed by atoms with Crippen molar-refractivity contribution in [2.75, 3.05) is 20.6 Å². The minimum Gasteiger partial charge on any atom is -0.360 e. The monoisotopic (exact) mass is 357 g/mol. The molecular formula is C22H31NO3. The second-order valence-electron chi connectivity index (χ2n) is 6.78. The summed E-state index contributed by atoms with van der Waals surface area (Å²) in [6.07, 6.45) is -0.246. The number of methoxy groups -OCH3 is 1. The minimum atomic E-state index is -0.172. The molecule has 4 nitrogen and oxygen atoms in total. The third-order valence-corrected chi connectivity index (χ3v) is 4.37. The van der Waals surface area contributed by atoms with Gasteiger partial charge in [-0.15, -0.1) is 0 Å². The molecule has 2 rings (SSSR count). The zero-order chi connectivity index (χ0) is 18.8. The molecule has 2 aromatic rings. The first kappa shape index (κ1) is 20.6. The maximum Gasteiger partial charge on any atom is 0.147 e. The summed E-state index contributed by atoms with van der Waals surface area (Å²) in [5.74, 6) is 0.301. The third-order valence-electron chi connectivity index (χ3n) is 4.37. The van der Waals surface area contributed by atoms with Gasteiger partial charge in [-0.05, 0) is 29.5 Å². The highest BCUT2D eigenvalue weighted by Crippen LogP contribution is 2.30. The van der Waals surface area contributed by atoms with E-state index < -0.39 is 0 Å². The number of benzene rings is 2. The van der Waals surface area contributed by atoms with E-state index in [9.17, 15) is 0 Å². The number of rotatable bonds is 11. The molecule has 2 aromatic carbocycles. The number of aryl methyl sites for hydroxylation is 1. The van der Waals surface area contributed by atoms with E-state index in [2.05, 4.69) is 50.4 Å². The number of ether oxygens (including phenoxy) is 3. The predicted octanol–water partition coefficient (Wildman–Crippen LogP) is 4.45. The summed E-state index contributed by atoms with van der Waals surface area (Å²) in [6, 6.07) is 18.6. The Morgan fingerprint density at radius 2 is 1.62 bits per heavy atom. The fraction of sp³-hybridized carbons (Fsp3) is 0.455. The smallest absolute Gasteiger partial charge is 0.147 e. The van der Waals surface area contributed by atoms with Crippen LogP contribution in [0.15, 0.2) is 54.6 Å². The normalized spacial score (nSPS) is 13.7. The quantitative estimate of drug-likeness (QED) is 0.476. The third kappa shape index (κ3) is 6.22. The Balaban J connectivity index is 2.02. The number of nitrogens with one attached hydrogen (secondary N) is 1. The highest BCUT2D eigenvalue weighted by Gasteiger charge is 2.28. The van der Waals surface area contributed by atoms with E-state index in [1.807, 2.05) is 30.3 Å². The van der Waals surface area contributed by atoms with Gasteiger partial charge in [0, 0.05) is 13.7 Å². The van der Waals surface area contributed by atoms with Gasteiger partial charge in [0.15, 0.2) is 0 Å². The summed E-state index contributed by atoms with van der Waals surface area (Å²) in [6.45, 7) is 7.90. The molecular weight excluding hydrogens is 326 g/mol. The molecule has 26 heavy (non-hydrogen) atoms. The Labute approximate surface area is 157 Å². The fourth-order valence-electron chi connectivity index (χ4n) is 2.98. The summed E-state index contributed by atoms with van der Waals surface area (Å²) >= 11 is 0. The van der Waals surface area contributed by atoms with E-state index >= 15 is 0 Å². The molecule has 0 aliphatic heterocycles. The largest absolute Gasteiger partial charge is 0.360 e. The van der Waals surface area contributed by atoms with Crippen molar-refractivity contribution in [2.24, 2.45) is 5.92 Å². The molecule has 0 saturated carbocycles. The Morgan fingerprint density at radius 1 is 0.923 bits per heavy atom. The second kappa shape index (κ2) is 11.1. The first-order valence-corrected chi connectivity index (χ1v) is 9.15. The van der Waals surface area contributed by atoms with Gasteiger partial charge in [-0.2, -0.15) is 0 Å². The lowest BCUT2D eigenvalue weighted by Gasteiger charge is -2.31. The molecule has 0 radical (unpaired) electrons. The molecule has 0 aromatic heterocycles. The van der Waals surface area contributed by atoms with Crippen LogP contribution in [0, 0.1) is 12.8 Å². The van der Waals surface area contributed by atoms with E-state index in [0.29, 0.717) is 12.6 Å². The van der Waals surface area contributed by atoms with Crippen LogP contribution in [0.4, 0.5) is 0 Å². The fourth-order valence-corrected chi connectivity index (χ4v) is 2.98. The zero-order valence-corrected chi connectivity index (χ0v) is 16.3. The predicted molar refractivity (Wildman–Crippen MR) is 105 cm³/mol. The van der Waals surface area contributed by atoms with Crippen molar-refractivity contribution >= 4 is 0 Å². The second-order valence-corrected chi connectivity index (χ2v) is 6.78. The molecule has 0 bridgehead atoms. The highest BCUT2D eigenvalue weighted by molar-refractivity contribution is 5.28. The molecule has 0 heterocycles. The maximum absolute atomic E-state index is 6.20. The Kier molecular flexibility index (Phi) is 8.78. The molecule has 0 aliphatic rings. The van der Waals surface area contributed by atoms with Gasteiger partial charge < -0.3 is 14.2 Å². The van der Waals surface area contributed by atoms with E-state index in [-0.39, 0.29) is 19.0 Å². The van der Waals surface area contributed by atoms with Crippen molar-refractivity contribution in [1.29, 1.82) is 0 Å². The summed E-state index contributed by atoms with van der Waals surface area (Å²) in [4.78, 5) is 0. The molecule has 0 saturated heterocycles. The summed E-state index contributed by atoms with van der Waals surface area (Å²) < 4.78 is 17.4. The van der Waals surface area contributed by atoms with E-state index in [1.165, 1.54) is 11.1 Å². The van der Waals surface area contributed by atoms with Crippen molar-refractivity contribution in [2.45, 2.75) is 39.5 Å². The van der Waals surface area contributed by atoms with Gasteiger partial charge in [-0.3, -0.25) is 5.32 Å². The molecule has 1 N–H and O–H groups in total. The lowest BCUT2D eigenvalue weighted by Crippen LogP contribution is -2.34. The van der Waals surface area contributed by atoms with Gasteiger partial charge in [0.05, 0.1) is 12.8 Å². The molecule has 0 spiro atoms. The maximum atomic E-state index is 6.20. The summed E-state index contributed by atoms with van der Waals surface area (Å²) in [5.41, 5.74) is 3.58. The van der Waals surface area contributed by atoms with Crippen LogP contribution in [-0.2, 0) is 20.8 Å². The summed E-state index contributed by atoms with van der Waals surface area (Å²) in [7, 11) is 1.64. The summed E-state index contributed by atoms with van der Waals surface area (Å²) in [5, 5.41) is 3.36. The zero-order valence-electron chi connectivity index (χ0n) is 16.3. The molecule has 2 unspecified atom stereocenters. The van der Waals surface area contributed by atoms with Crippen molar-refractivity contribution in [3.63, 3.8) is 0 Å². The van der Waals surface area contributed by atoms with Gasteiger partial charge in [-0.25, -0.2) is 0 Å². The van der Waals surface area contributed by atoms with Crippen LogP contribution in [0.2, 0.25) is 0 Å². The topological polar surface area (TPSA) is 39.7 Å². The number of hydrogen-bond donors (Lipinski definition) is 1. The van der Waals surface area contributed by atoms with Gasteiger partial charge >= 0.3 is 0 Å². The lowest BCUT2D eigenvalue weighted by atomic mass is 9.93. The molecule has 0 aliphatic carbocycles. The highest BCUT2D eigenvalue weighted by atomic mass is 16.7. The number of hydrogen-bond acceptors (Lipinski definition) is 4. The average Bonchev–Trinajstić information content (AvgIpc) is 2.65. The van der Waals surface area contributed by atoms with Crippen LogP contribution in [0.1, 0.15) is 36.6 Å². The Bertz CT molecular complexity index is 630. The van der Waals surface area contributed by atoms with Gasteiger partial charge in [0.1, 0.15) is 12.9 Å². The van der Waals surface area contributed by atoms with Crippen molar-refractivity contribution in [3.05, 3.63) is 71.3 Å². The molecule has 4 heteroatoms. The van der Waals surface area contributed by atoms with Crippen LogP contribution in [-0.4, -0.2) is 26.7 Å². The first-order valence-electron chi connectivity index (χ1n) is 9.15. The lowest BCUT2D eigenvalue weighted by molar-refractivity contribution is -0.145. The average molecular weight is 357 g/mol. The van der Waals surface area contributed by atoms with E-state index in [1.54, 1.807) is 7.11 Å². The first-order chi connectivity index (χ1) is 12.6. The van der Waals surface area contributed by atoms with Crippen LogP contribution >= 0.6 is 0 Å². The Morgan fingerprint density at radius 3 is 2.27 bits per heavy atom. The van der Waals surface area contributed by atoms with Crippen molar-refractivity contribution in [3.8, 4) is 0 Å². The van der Waals surface area contributed by atoms with Crippen LogP contribution in [0.5, 0.6) is 0 Å². The van der Waals surface area contributed by atoms with Crippen LogP contribution < -0.4 is 5.32 Å². The van der Waals surface area contributed by atoms with Gasteiger partial charge in [0.25, 0.3) is 0 Å². The van der Waals surface area contributed by atoms with Crippen molar-refractivity contribution < 1.29 is 14.2 Å². The van der Waals surface area contributed by atoms with Crippen LogP contribution in [0.25, 0.3) is 0 Å². The molecule has 0 fully saturated rings. The molecule has 142 valence electrons. The van der Waals surface area contributed by atoms with E-state index in [0.717, 1.165) is 12.1 Å². The Hall–Kier alpha value is -1.72. The molecule has 0 amide bonds.